The maximum atomic E-state index is 5.82. The van der Waals surface area contributed by atoms with Gasteiger partial charge in [-0.1, -0.05) is 31.0 Å². The molecule has 0 radical (unpaired) electrons. The molecule has 1 fully saturated rings. The lowest BCUT2D eigenvalue weighted by Gasteiger charge is -2.32. The second kappa shape index (κ2) is 9.09. The smallest absolute Gasteiger partial charge is 0.173 e. The minimum atomic E-state index is 0.467. The number of benzene rings is 2. The molecule has 0 atom stereocenters. The zero-order chi connectivity index (χ0) is 19.2. The Bertz CT molecular complexity index is 788. The van der Waals surface area contributed by atoms with Crippen LogP contribution in [0.3, 0.4) is 0 Å². The van der Waals surface area contributed by atoms with Gasteiger partial charge in [-0.05, 0) is 61.8 Å². The van der Waals surface area contributed by atoms with E-state index < -0.39 is 0 Å². The zero-order valence-electron chi connectivity index (χ0n) is 16.3. The maximum Gasteiger partial charge on any atom is 0.173 e. The fraction of sp³-hybridized carbons (Fsp3) is 0.409. The van der Waals surface area contributed by atoms with E-state index in [0.717, 1.165) is 40.0 Å². The average Bonchev–Trinajstić information content (AvgIpc) is 3.20. The second-order valence-electron chi connectivity index (χ2n) is 6.99. The summed E-state index contributed by atoms with van der Waals surface area (Å²) in [5, 5.41) is 4.19. The Morgan fingerprint density at radius 3 is 2.44 bits per heavy atom. The van der Waals surface area contributed by atoms with E-state index in [4.69, 9.17) is 21.7 Å². The molecule has 0 bridgehead atoms. The number of rotatable bonds is 6. The van der Waals surface area contributed by atoms with Crippen LogP contribution in [0.4, 0.5) is 5.69 Å². The number of para-hydroxylation sites is 1. The molecular formula is C22H28N2O2S. The van der Waals surface area contributed by atoms with Crippen LogP contribution < -0.4 is 14.8 Å². The number of hydrogen-bond donors (Lipinski definition) is 1. The number of nitrogens with one attached hydrogen (secondary N) is 1. The number of anilines is 1. The van der Waals surface area contributed by atoms with Crippen LogP contribution >= 0.6 is 12.2 Å². The van der Waals surface area contributed by atoms with Crippen LogP contribution in [0.25, 0.3) is 0 Å². The van der Waals surface area contributed by atoms with E-state index in [9.17, 15) is 0 Å². The van der Waals surface area contributed by atoms with Gasteiger partial charge in [0.1, 0.15) is 11.5 Å². The molecule has 5 heteroatoms. The summed E-state index contributed by atoms with van der Waals surface area (Å²) >= 11 is 5.82. The third-order valence-corrected chi connectivity index (χ3v) is 5.54. The zero-order valence-corrected chi connectivity index (χ0v) is 17.1. The maximum absolute atomic E-state index is 5.82. The van der Waals surface area contributed by atoms with Crippen molar-refractivity contribution in [2.75, 3.05) is 19.5 Å². The number of thiocarbonyl (C=S) groups is 1. The highest BCUT2D eigenvalue weighted by Crippen LogP contribution is 2.29. The van der Waals surface area contributed by atoms with Crippen LogP contribution in [0, 0.1) is 6.92 Å². The summed E-state index contributed by atoms with van der Waals surface area (Å²) in [6.07, 6.45) is 4.88. The molecule has 27 heavy (non-hydrogen) atoms. The third kappa shape index (κ3) is 4.72. The van der Waals surface area contributed by atoms with Crippen LogP contribution in [0.5, 0.6) is 11.5 Å². The first kappa shape index (κ1) is 19.5. The predicted octanol–water partition coefficient (Wildman–Crippen LogP) is 5.15. The minimum absolute atomic E-state index is 0.467. The lowest BCUT2D eigenvalue weighted by Crippen LogP contribution is -2.41. The largest absolute Gasteiger partial charge is 0.496 e. The molecule has 1 N–H and O–H groups in total. The topological polar surface area (TPSA) is 33.7 Å². The van der Waals surface area contributed by atoms with E-state index in [2.05, 4.69) is 22.3 Å². The van der Waals surface area contributed by atoms with E-state index in [1.54, 1.807) is 14.2 Å². The molecule has 0 aliphatic heterocycles. The van der Waals surface area contributed by atoms with E-state index in [1.165, 1.54) is 25.7 Å². The first-order valence-electron chi connectivity index (χ1n) is 9.46. The monoisotopic (exact) mass is 384 g/mol. The van der Waals surface area contributed by atoms with Gasteiger partial charge in [0.15, 0.2) is 5.11 Å². The lowest BCUT2D eigenvalue weighted by molar-refractivity contribution is 0.305. The van der Waals surface area contributed by atoms with Gasteiger partial charge in [-0.3, -0.25) is 0 Å². The summed E-state index contributed by atoms with van der Waals surface area (Å²) in [6, 6.07) is 14.7. The summed E-state index contributed by atoms with van der Waals surface area (Å²) in [6.45, 7) is 2.78. The lowest BCUT2D eigenvalue weighted by atomic mass is 10.1. The molecule has 144 valence electrons. The van der Waals surface area contributed by atoms with Gasteiger partial charge >= 0.3 is 0 Å². The summed E-state index contributed by atoms with van der Waals surface area (Å²) < 4.78 is 10.9. The molecule has 0 aromatic heterocycles. The number of aryl methyl sites for hydroxylation is 1. The Balaban J connectivity index is 1.80. The van der Waals surface area contributed by atoms with Gasteiger partial charge in [-0.25, -0.2) is 0 Å². The molecule has 2 aromatic carbocycles. The fourth-order valence-corrected chi connectivity index (χ4v) is 4.08. The normalized spacial score (nSPS) is 14.0. The van der Waals surface area contributed by atoms with Crippen molar-refractivity contribution in [1.82, 2.24) is 4.90 Å². The molecule has 4 nitrogen and oxygen atoms in total. The van der Waals surface area contributed by atoms with Crippen LogP contribution in [0.15, 0.2) is 42.5 Å². The second-order valence-corrected chi connectivity index (χ2v) is 7.38. The van der Waals surface area contributed by atoms with Crippen molar-refractivity contribution in [2.45, 2.75) is 45.2 Å². The van der Waals surface area contributed by atoms with E-state index in [0.29, 0.717) is 6.04 Å². The van der Waals surface area contributed by atoms with Crippen molar-refractivity contribution >= 4 is 23.0 Å². The molecule has 1 aliphatic carbocycles. The SMILES string of the molecule is COc1ccc(NC(=S)N(Cc2ccccc2OC)C2CCCC2)cc1C. The Morgan fingerprint density at radius 1 is 1.07 bits per heavy atom. The Morgan fingerprint density at radius 2 is 1.78 bits per heavy atom. The van der Waals surface area contributed by atoms with Crippen molar-refractivity contribution in [2.24, 2.45) is 0 Å². The molecule has 0 unspecified atom stereocenters. The molecule has 3 rings (SSSR count). The highest BCUT2D eigenvalue weighted by Gasteiger charge is 2.25. The third-order valence-electron chi connectivity index (χ3n) is 5.21. The Hall–Kier alpha value is -2.27. The Labute approximate surface area is 167 Å². The van der Waals surface area contributed by atoms with Crippen LogP contribution in [0.1, 0.15) is 36.8 Å². The van der Waals surface area contributed by atoms with Gasteiger partial charge in [0.25, 0.3) is 0 Å². The highest BCUT2D eigenvalue weighted by molar-refractivity contribution is 7.80. The van der Waals surface area contributed by atoms with E-state index in [-0.39, 0.29) is 0 Å². The van der Waals surface area contributed by atoms with E-state index >= 15 is 0 Å². The van der Waals surface area contributed by atoms with Crippen LogP contribution in [0.2, 0.25) is 0 Å². The van der Waals surface area contributed by atoms with Crippen LogP contribution in [-0.2, 0) is 6.54 Å². The molecule has 0 saturated heterocycles. The first-order chi connectivity index (χ1) is 13.1. The van der Waals surface area contributed by atoms with Crippen LogP contribution in [-0.4, -0.2) is 30.3 Å². The van der Waals surface area contributed by atoms with Gasteiger partial charge in [-0.2, -0.15) is 0 Å². The van der Waals surface area contributed by atoms with E-state index in [1.807, 2.05) is 37.3 Å². The molecule has 0 spiro atoms. The molecule has 1 saturated carbocycles. The summed E-state index contributed by atoms with van der Waals surface area (Å²) in [7, 11) is 3.41. The summed E-state index contributed by atoms with van der Waals surface area (Å²) in [5.41, 5.74) is 3.23. The van der Waals surface area contributed by atoms with Crippen molar-refractivity contribution in [3.05, 3.63) is 53.6 Å². The van der Waals surface area contributed by atoms with Gasteiger partial charge < -0.3 is 19.7 Å². The van der Waals surface area contributed by atoms with Crippen molar-refractivity contribution in [3.63, 3.8) is 0 Å². The first-order valence-corrected chi connectivity index (χ1v) is 9.87. The fourth-order valence-electron chi connectivity index (χ4n) is 3.75. The Kier molecular flexibility index (Phi) is 6.56. The predicted molar refractivity (Wildman–Crippen MR) is 115 cm³/mol. The van der Waals surface area contributed by atoms with Gasteiger partial charge in [0.2, 0.25) is 0 Å². The minimum Gasteiger partial charge on any atom is -0.496 e. The number of nitrogens with zero attached hydrogens (tertiary/aromatic N) is 1. The molecular weight excluding hydrogens is 356 g/mol. The number of ether oxygens (including phenoxy) is 2. The standard InChI is InChI=1S/C22H28N2O2S/c1-16-14-18(12-13-20(16)25-2)23-22(27)24(19-9-5-6-10-19)15-17-8-4-7-11-21(17)26-3/h4,7-8,11-14,19H,5-6,9-10,15H2,1-3H3,(H,23,27). The highest BCUT2D eigenvalue weighted by atomic mass is 32.1. The number of hydrogen-bond acceptors (Lipinski definition) is 3. The van der Waals surface area contributed by atoms with Gasteiger partial charge in [0, 0.05) is 23.8 Å². The number of methoxy groups -OCH3 is 2. The van der Waals surface area contributed by atoms with Gasteiger partial charge in [-0.15, -0.1) is 0 Å². The molecule has 0 amide bonds. The van der Waals surface area contributed by atoms with Gasteiger partial charge in [0.05, 0.1) is 14.2 Å². The average molecular weight is 385 g/mol. The van der Waals surface area contributed by atoms with Crippen molar-refractivity contribution in [3.8, 4) is 11.5 Å². The molecule has 2 aromatic rings. The molecule has 0 heterocycles. The van der Waals surface area contributed by atoms with Crippen molar-refractivity contribution in [1.29, 1.82) is 0 Å². The van der Waals surface area contributed by atoms with Crippen molar-refractivity contribution < 1.29 is 9.47 Å². The summed E-state index contributed by atoms with van der Waals surface area (Å²) in [4.78, 5) is 2.32. The quantitative estimate of drug-likeness (QED) is 0.696. The molecule has 1 aliphatic rings. The summed E-state index contributed by atoms with van der Waals surface area (Å²) in [5.74, 6) is 1.79.